The van der Waals surface area contributed by atoms with E-state index < -0.39 is 6.10 Å². The van der Waals surface area contributed by atoms with E-state index in [4.69, 9.17) is 4.74 Å². The van der Waals surface area contributed by atoms with Gasteiger partial charge in [0.15, 0.2) is 0 Å². The maximum atomic E-state index is 11.4. The van der Waals surface area contributed by atoms with Gasteiger partial charge in [0.05, 0.1) is 25.7 Å². The van der Waals surface area contributed by atoms with Gasteiger partial charge >= 0.3 is 0 Å². The van der Waals surface area contributed by atoms with Crippen molar-refractivity contribution in [2.75, 3.05) is 19.7 Å². The van der Waals surface area contributed by atoms with Crippen LogP contribution in [0.4, 0.5) is 0 Å². The van der Waals surface area contributed by atoms with Crippen molar-refractivity contribution in [3.63, 3.8) is 0 Å². The molecule has 1 N–H and O–H groups in total. The van der Waals surface area contributed by atoms with Crippen molar-refractivity contribution in [3.05, 3.63) is 35.9 Å². The zero-order chi connectivity index (χ0) is 12.1. The summed E-state index contributed by atoms with van der Waals surface area (Å²) in [5.74, 6) is 0.0146. The summed E-state index contributed by atoms with van der Waals surface area (Å²) >= 11 is 0. The molecule has 0 aliphatic carbocycles. The van der Waals surface area contributed by atoms with Gasteiger partial charge in [0.1, 0.15) is 0 Å². The Labute approximate surface area is 101 Å². The van der Waals surface area contributed by atoms with Gasteiger partial charge in [-0.3, -0.25) is 4.79 Å². The topological polar surface area (TPSA) is 49.8 Å². The van der Waals surface area contributed by atoms with Crippen LogP contribution in [0.1, 0.15) is 12.0 Å². The highest BCUT2D eigenvalue weighted by molar-refractivity contribution is 5.78. The Balaban J connectivity index is 1.65. The molecule has 4 heteroatoms. The molecule has 1 saturated heterocycles. The Bertz CT molecular complexity index is 366. The quantitative estimate of drug-likeness (QED) is 0.768. The Kier molecular flexibility index (Phi) is 4.12. The van der Waals surface area contributed by atoms with Gasteiger partial charge in [0, 0.05) is 13.1 Å². The van der Waals surface area contributed by atoms with Gasteiger partial charge in [-0.15, -0.1) is 0 Å². The third kappa shape index (κ3) is 3.54. The Morgan fingerprint density at radius 3 is 2.76 bits per heavy atom. The van der Waals surface area contributed by atoms with Crippen LogP contribution < -0.4 is 0 Å². The molecule has 1 amide bonds. The Morgan fingerprint density at radius 2 is 2.12 bits per heavy atom. The number of amides is 1. The number of likely N-dealkylation sites (tertiary alicyclic amines) is 1. The van der Waals surface area contributed by atoms with Crippen LogP contribution in [0.2, 0.25) is 0 Å². The number of nitrogens with zero attached hydrogens (tertiary/aromatic N) is 1. The first kappa shape index (κ1) is 12.1. The number of hydrogen-bond donors (Lipinski definition) is 1. The number of carbonyl (C=O) groups excluding carboxylic acids is 1. The smallest absolute Gasteiger partial charge is 0.225 e. The van der Waals surface area contributed by atoms with Crippen LogP contribution in [0.5, 0.6) is 0 Å². The molecule has 1 aromatic carbocycles. The van der Waals surface area contributed by atoms with E-state index >= 15 is 0 Å². The molecular weight excluding hydrogens is 218 g/mol. The molecule has 1 atom stereocenters. The predicted octanol–water partition coefficient (Wildman–Crippen LogP) is 0.796. The van der Waals surface area contributed by atoms with E-state index in [0.717, 1.165) is 5.56 Å². The number of benzene rings is 1. The number of ether oxygens (including phenoxy) is 1. The van der Waals surface area contributed by atoms with Crippen LogP contribution in [0, 0.1) is 0 Å². The van der Waals surface area contributed by atoms with Crippen molar-refractivity contribution in [2.45, 2.75) is 19.1 Å². The molecule has 17 heavy (non-hydrogen) atoms. The number of aliphatic hydroxyl groups excluding tert-OH is 1. The molecule has 1 unspecified atom stereocenters. The van der Waals surface area contributed by atoms with E-state index in [9.17, 15) is 9.90 Å². The third-order valence-corrected chi connectivity index (χ3v) is 2.81. The molecular formula is C13H17NO3. The number of rotatable bonds is 5. The lowest BCUT2D eigenvalue weighted by molar-refractivity contribution is -0.128. The second-order valence-electron chi connectivity index (χ2n) is 4.24. The van der Waals surface area contributed by atoms with Crippen molar-refractivity contribution >= 4 is 5.91 Å². The highest BCUT2D eigenvalue weighted by Crippen LogP contribution is 2.10. The second-order valence-corrected chi connectivity index (χ2v) is 4.24. The Hall–Kier alpha value is -1.39. The van der Waals surface area contributed by atoms with E-state index in [1.807, 2.05) is 30.3 Å². The van der Waals surface area contributed by atoms with Crippen molar-refractivity contribution in [1.82, 2.24) is 4.90 Å². The number of hydrogen-bond acceptors (Lipinski definition) is 3. The summed E-state index contributed by atoms with van der Waals surface area (Å²) in [5.41, 5.74) is 1.13. The second kappa shape index (κ2) is 5.80. The number of β-amino-alcohol motifs (C(OH)–C–C–N with tert-alkyl or cyclic N) is 1. The summed E-state index contributed by atoms with van der Waals surface area (Å²) in [6.45, 7) is 2.06. The molecule has 0 saturated carbocycles. The molecule has 1 aromatic rings. The van der Waals surface area contributed by atoms with Gasteiger partial charge in [0.25, 0.3) is 0 Å². The number of aliphatic hydroxyl groups is 1. The van der Waals surface area contributed by atoms with Crippen molar-refractivity contribution in [1.29, 1.82) is 0 Å². The highest BCUT2D eigenvalue weighted by Gasteiger charge is 2.27. The van der Waals surface area contributed by atoms with Gasteiger partial charge in [-0.25, -0.2) is 0 Å². The molecule has 1 heterocycles. The van der Waals surface area contributed by atoms with Crippen LogP contribution in [0.25, 0.3) is 0 Å². The van der Waals surface area contributed by atoms with Crippen LogP contribution in [0.3, 0.4) is 0 Å². The van der Waals surface area contributed by atoms with Gasteiger partial charge in [-0.2, -0.15) is 0 Å². The normalized spacial score (nSPS) is 19.9. The maximum Gasteiger partial charge on any atom is 0.225 e. The molecule has 1 fully saturated rings. The molecule has 0 spiro atoms. The third-order valence-electron chi connectivity index (χ3n) is 2.81. The van der Waals surface area contributed by atoms with Gasteiger partial charge in [0.2, 0.25) is 5.91 Å². The average Bonchev–Trinajstić information content (AvgIpc) is 2.65. The summed E-state index contributed by atoms with van der Waals surface area (Å²) in [4.78, 5) is 13.0. The van der Waals surface area contributed by atoms with Crippen LogP contribution in [-0.2, 0) is 16.1 Å². The van der Waals surface area contributed by atoms with E-state index in [1.165, 1.54) is 0 Å². The first-order valence-corrected chi connectivity index (χ1v) is 5.83. The first-order valence-electron chi connectivity index (χ1n) is 5.83. The molecule has 2 rings (SSSR count). The van der Waals surface area contributed by atoms with E-state index in [0.29, 0.717) is 26.3 Å². The SMILES string of the molecule is O=C1CC(O)CN1CCOCc1ccccc1. The van der Waals surface area contributed by atoms with Crippen molar-refractivity contribution in [2.24, 2.45) is 0 Å². The molecule has 0 radical (unpaired) electrons. The minimum atomic E-state index is -0.503. The molecule has 0 bridgehead atoms. The summed E-state index contributed by atoms with van der Waals surface area (Å²) in [6.07, 6.45) is -0.254. The van der Waals surface area contributed by atoms with Crippen LogP contribution >= 0.6 is 0 Å². The van der Waals surface area contributed by atoms with Gasteiger partial charge in [-0.05, 0) is 5.56 Å². The number of carbonyl (C=O) groups is 1. The zero-order valence-electron chi connectivity index (χ0n) is 9.71. The van der Waals surface area contributed by atoms with E-state index in [1.54, 1.807) is 4.90 Å². The predicted molar refractivity (Wildman–Crippen MR) is 63.3 cm³/mol. The lowest BCUT2D eigenvalue weighted by Crippen LogP contribution is -2.29. The van der Waals surface area contributed by atoms with Gasteiger partial charge in [-0.1, -0.05) is 30.3 Å². The molecule has 1 aliphatic rings. The van der Waals surface area contributed by atoms with Crippen LogP contribution in [-0.4, -0.2) is 41.7 Å². The zero-order valence-corrected chi connectivity index (χ0v) is 9.71. The largest absolute Gasteiger partial charge is 0.391 e. The average molecular weight is 235 g/mol. The van der Waals surface area contributed by atoms with Crippen molar-refractivity contribution in [3.8, 4) is 0 Å². The van der Waals surface area contributed by atoms with Crippen molar-refractivity contribution < 1.29 is 14.6 Å². The molecule has 0 aromatic heterocycles. The summed E-state index contributed by atoms with van der Waals surface area (Å²) in [6, 6.07) is 9.92. The minimum Gasteiger partial charge on any atom is -0.391 e. The summed E-state index contributed by atoms with van der Waals surface area (Å²) in [5, 5.41) is 9.30. The molecule has 1 aliphatic heterocycles. The summed E-state index contributed by atoms with van der Waals surface area (Å²) in [7, 11) is 0. The monoisotopic (exact) mass is 235 g/mol. The molecule has 92 valence electrons. The maximum absolute atomic E-state index is 11.4. The fourth-order valence-corrected chi connectivity index (χ4v) is 1.91. The fraction of sp³-hybridized carbons (Fsp3) is 0.462. The minimum absolute atomic E-state index is 0.0146. The van der Waals surface area contributed by atoms with Gasteiger partial charge < -0.3 is 14.7 Å². The van der Waals surface area contributed by atoms with E-state index in [2.05, 4.69) is 0 Å². The lowest BCUT2D eigenvalue weighted by atomic mass is 10.2. The summed E-state index contributed by atoms with van der Waals surface area (Å²) < 4.78 is 5.49. The van der Waals surface area contributed by atoms with E-state index in [-0.39, 0.29) is 12.3 Å². The standard InChI is InChI=1S/C13H17NO3/c15-12-8-13(16)14(9-12)6-7-17-10-11-4-2-1-3-5-11/h1-5,12,15H,6-10H2. The molecule has 4 nitrogen and oxygen atoms in total. The highest BCUT2D eigenvalue weighted by atomic mass is 16.5. The fourth-order valence-electron chi connectivity index (χ4n) is 1.91. The Morgan fingerprint density at radius 1 is 1.35 bits per heavy atom. The van der Waals surface area contributed by atoms with Crippen LogP contribution in [0.15, 0.2) is 30.3 Å². The lowest BCUT2D eigenvalue weighted by Gasteiger charge is -2.15. The first-order chi connectivity index (χ1) is 8.25.